The Morgan fingerprint density at radius 2 is 2.15 bits per heavy atom. The number of likely N-dealkylation sites (N-methyl/N-ethyl adjacent to an activating group) is 1. The zero-order chi connectivity index (χ0) is 14.1. The molecule has 1 saturated heterocycles. The van der Waals surface area contributed by atoms with E-state index >= 15 is 0 Å². The van der Waals surface area contributed by atoms with Gasteiger partial charge in [-0.3, -0.25) is 4.90 Å². The maximum Gasteiger partial charge on any atom is 0.0682 e. The molecule has 0 amide bonds. The minimum atomic E-state index is -0.176. The molecule has 3 rings (SSSR count). The third-order valence-corrected chi connectivity index (χ3v) is 5.03. The van der Waals surface area contributed by atoms with Gasteiger partial charge >= 0.3 is 0 Å². The summed E-state index contributed by atoms with van der Waals surface area (Å²) in [5.41, 5.74) is 1.39. The van der Waals surface area contributed by atoms with Crippen LogP contribution in [0, 0.1) is 0 Å². The molecule has 0 bridgehead atoms. The van der Waals surface area contributed by atoms with Crippen molar-refractivity contribution in [1.29, 1.82) is 0 Å². The van der Waals surface area contributed by atoms with Crippen molar-refractivity contribution in [3.63, 3.8) is 0 Å². The Bertz CT molecular complexity index is 581. The molecule has 2 aromatic rings. The fourth-order valence-corrected chi connectivity index (χ4v) is 4.09. The van der Waals surface area contributed by atoms with Gasteiger partial charge in [-0.15, -0.1) is 11.3 Å². The van der Waals surface area contributed by atoms with Crippen LogP contribution in [-0.4, -0.2) is 54.2 Å². The molecule has 0 aliphatic carbocycles. The van der Waals surface area contributed by atoms with E-state index in [-0.39, 0.29) is 6.10 Å². The van der Waals surface area contributed by atoms with Crippen LogP contribution in [0.5, 0.6) is 0 Å². The standard InChI is InChI=1S/C16H22N2OS/c1-17(2)9-13-7-14(19)10-18(13)8-12-11-20-16-6-4-3-5-15(12)16/h3-6,11,13-14,19H,7-10H2,1-2H3. The van der Waals surface area contributed by atoms with Gasteiger partial charge in [-0.1, -0.05) is 18.2 Å². The monoisotopic (exact) mass is 290 g/mol. The number of thiophene rings is 1. The highest BCUT2D eigenvalue weighted by Crippen LogP contribution is 2.29. The van der Waals surface area contributed by atoms with E-state index in [1.54, 1.807) is 0 Å². The third kappa shape index (κ3) is 2.88. The van der Waals surface area contributed by atoms with Crippen LogP contribution in [0.4, 0.5) is 0 Å². The molecule has 1 aromatic carbocycles. The summed E-state index contributed by atoms with van der Waals surface area (Å²) in [6, 6.07) is 9.04. The Morgan fingerprint density at radius 3 is 2.95 bits per heavy atom. The molecule has 20 heavy (non-hydrogen) atoms. The van der Waals surface area contributed by atoms with E-state index in [1.165, 1.54) is 15.6 Å². The first-order valence-corrected chi connectivity index (χ1v) is 8.03. The van der Waals surface area contributed by atoms with Gasteiger partial charge in [0.05, 0.1) is 6.10 Å². The summed E-state index contributed by atoms with van der Waals surface area (Å²) in [5.74, 6) is 0. The van der Waals surface area contributed by atoms with E-state index in [1.807, 2.05) is 11.3 Å². The second-order valence-electron chi connectivity index (χ2n) is 5.99. The first-order chi connectivity index (χ1) is 9.63. The second-order valence-corrected chi connectivity index (χ2v) is 6.90. The number of hydrogen-bond donors (Lipinski definition) is 1. The number of rotatable bonds is 4. The lowest BCUT2D eigenvalue weighted by Gasteiger charge is -2.26. The van der Waals surface area contributed by atoms with Crippen LogP contribution in [0.2, 0.25) is 0 Å². The van der Waals surface area contributed by atoms with Crippen LogP contribution in [0.25, 0.3) is 10.1 Å². The molecule has 108 valence electrons. The van der Waals surface area contributed by atoms with Crippen molar-refractivity contribution in [2.45, 2.75) is 25.1 Å². The number of β-amino-alcohol motifs (C(OH)–C–C–N with tert-alkyl or cyclic N) is 1. The van der Waals surface area contributed by atoms with E-state index in [9.17, 15) is 5.11 Å². The van der Waals surface area contributed by atoms with E-state index in [0.29, 0.717) is 6.04 Å². The summed E-state index contributed by atoms with van der Waals surface area (Å²) in [6.45, 7) is 2.75. The Kier molecular flexibility index (Phi) is 4.08. The number of benzene rings is 1. The van der Waals surface area contributed by atoms with Crippen molar-refractivity contribution in [1.82, 2.24) is 9.80 Å². The molecule has 2 unspecified atom stereocenters. The Balaban J connectivity index is 1.79. The van der Waals surface area contributed by atoms with Crippen LogP contribution >= 0.6 is 11.3 Å². The molecule has 0 saturated carbocycles. The minimum absolute atomic E-state index is 0.176. The summed E-state index contributed by atoms with van der Waals surface area (Å²) in [6.07, 6.45) is 0.713. The van der Waals surface area contributed by atoms with Crippen molar-refractivity contribution >= 4 is 21.4 Å². The minimum Gasteiger partial charge on any atom is -0.392 e. The second kappa shape index (κ2) is 5.82. The summed E-state index contributed by atoms with van der Waals surface area (Å²) in [5, 5.41) is 13.6. The van der Waals surface area contributed by atoms with Gasteiger partial charge in [0.15, 0.2) is 0 Å². The molecule has 1 aliphatic heterocycles. The molecule has 0 spiro atoms. The number of fused-ring (bicyclic) bond motifs is 1. The predicted molar refractivity (Wildman–Crippen MR) is 85.2 cm³/mol. The van der Waals surface area contributed by atoms with Crippen molar-refractivity contribution in [3.8, 4) is 0 Å². The lowest BCUT2D eigenvalue weighted by Crippen LogP contribution is -2.37. The quantitative estimate of drug-likeness (QED) is 0.936. The molecule has 1 fully saturated rings. The van der Waals surface area contributed by atoms with E-state index in [4.69, 9.17) is 0 Å². The van der Waals surface area contributed by atoms with Crippen LogP contribution < -0.4 is 0 Å². The number of aliphatic hydroxyl groups is 1. The van der Waals surface area contributed by atoms with Crippen molar-refractivity contribution < 1.29 is 5.11 Å². The summed E-state index contributed by atoms with van der Waals surface area (Å²) >= 11 is 1.81. The van der Waals surface area contributed by atoms with Gasteiger partial charge in [-0.2, -0.15) is 0 Å². The molecule has 1 aromatic heterocycles. The van der Waals surface area contributed by atoms with Gasteiger partial charge < -0.3 is 10.0 Å². The lowest BCUT2D eigenvalue weighted by atomic mass is 10.1. The van der Waals surface area contributed by atoms with Crippen LogP contribution in [0.1, 0.15) is 12.0 Å². The third-order valence-electron chi connectivity index (χ3n) is 4.02. The predicted octanol–water partition coefficient (Wildman–Crippen LogP) is 2.40. The van der Waals surface area contributed by atoms with Gasteiger partial charge in [0.2, 0.25) is 0 Å². The highest BCUT2D eigenvalue weighted by Gasteiger charge is 2.31. The molecular weight excluding hydrogens is 268 g/mol. The zero-order valence-electron chi connectivity index (χ0n) is 12.1. The summed E-state index contributed by atoms with van der Waals surface area (Å²) in [7, 11) is 4.20. The summed E-state index contributed by atoms with van der Waals surface area (Å²) in [4.78, 5) is 4.64. The van der Waals surface area contributed by atoms with Crippen LogP contribution in [-0.2, 0) is 6.54 Å². The van der Waals surface area contributed by atoms with E-state index in [2.05, 4.69) is 53.5 Å². The highest BCUT2D eigenvalue weighted by molar-refractivity contribution is 7.17. The molecule has 1 aliphatic rings. The van der Waals surface area contributed by atoms with Crippen LogP contribution in [0.3, 0.4) is 0 Å². The van der Waals surface area contributed by atoms with Gasteiger partial charge in [0, 0.05) is 30.4 Å². The average molecular weight is 290 g/mol. The molecule has 1 N–H and O–H groups in total. The smallest absolute Gasteiger partial charge is 0.0682 e. The molecule has 2 heterocycles. The Morgan fingerprint density at radius 1 is 1.35 bits per heavy atom. The van der Waals surface area contributed by atoms with Crippen molar-refractivity contribution in [2.75, 3.05) is 27.2 Å². The Hall–Kier alpha value is -0.940. The number of aliphatic hydroxyl groups excluding tert-OH is 1. The molecular formula is C16H22N2OS. The van der Waals surface area contributed by atoms with Crippen LogP contribution in [0.15, 0.2) is 29.6 Å². The van der Waals surface area contributed by atoms with Gasteiger partial charge in [0.25, 0.3) is 0 Å². The molecule has 0 radical (unpaired) electrons. The van der Waals surface area contributed by atoms with Crippen molar-refractivity contribution in [2.24, 2.45) is 0 Å². The molecule has 3 nitrogen and oxygen atoms in total. The molecule has 2 atom stereocenters. The first-order valence-electron chi connectivity index (χ1n) is 7.15. The SMILES string of the molecule is CN(C)CC1CC(O)CN1Cc1csc2ccccc12. The molecule has 4 heteroatoms. The largest absolute Gasteiger partial charge is 0.392 e. The van der Waals surface area contributed by atoms with Gasteiger partial charge in [-0.25, -0.2) is 0 Å². The number of nitrogens with zero attached hydrogens (tertiary/aromatic N) is 2. The van der Waals surface area contributed by atoms with Gasteiger partial charge in [-0.05, 0) is 42.9 Å². The van der Waals surface area contributed by atoms with E-state index < -0.39 is 0 Å². The normalized spacial score (nSPS) is 24.0. The number of hydrogen-bond acceptors (Lipinski definition) is 4. The van der Waals surface area contributed by atoms with Gasteiger partial charge in [0.1, 0.15) is 0 Å². The fourth-order valence-electron chi connectivity index (χ4n) is 3.14. The first kappa shape index (κ1) is 14.0. The zero-order valence-corrected chi connectivity index (χ0v) is 12.9. The lowest BCUT2D eigenvalue weighted by molar-refractivity contribution is 0.170. The maximum absolute atomic E-state index is 9.97. The maximum atomic E-state index is 9.97. The Labute approximate surface area is 124 Å². The van der Waals surface area contributed by atoms with Crippen molar-refractivity contribution in [3.05, 3.63) is 35.2 Å². The highest BCUT2D eigenvalue weighted by atomic mass is 32.1. The fraction of sp³-hybridized carbons (Fsp3) is 0.500. The topological polar surface area (TPSA) is 26.7 Å². The van der Waals surface area contributed by atoms with E-state index in [0.717, 1.165) is 26.1 Å². The average Bonchev–Trinajstić information content (AvgIpc) is 2.94. The summed E-state index contributed by atoms with van der Waals surface area (Å²) < 4.78 is 1.35. The number of likely N-dealkylation sites (tertiary alicyclic amines) is 1.